The molecule has 6 nitrogen and oxygen atoms in total. The predicted molar refractivity (Wildman–Crippen MR) is 106 cm³/mol. The number of hydrogen-bond acceptors (Lipinski definition) is 5. The first-order chi connectivity index (χ1) is 13.5. The summed E-state index contributed by atoms with van der Waals surface area (Å²) in [7, 11) is 0. The van der Waals surface area contributed by atoms with E-state index in [4.69, 9.17) is 12.2 Å². The maximum atomic E-state index is 12.9. The largest absolute Gasteiger partial charge is 0.359 e. The van der Waals surface area contributed by atoms with E-state index in [1.807, 2.05) is 24.3 Å². The number of hydrogen-bond donors (Lipinski definition) is 2. The van der Waals surface area contributed by atoms with Gasteiger partial charge < -0.3 is 10.6 Å². The lowest BCUT2D eigenvalue weighted by atomic mass is 10.1. The first kappa shape index (κ1) is 18.2. The fourth-order valence-corrected chi connectivity index (χ4v) is 3.51. The summed E-state index contributed by atoms with van der Waals surface area (Å²) in [5.41, 5.74) is 1.53. The van der Waals surface area contributed by atoms with Crippen LogP contribution in [0.15, 0.2) is 48.5 Å². The third kappa shape index (κ3) is 3.50. The second-order valence-corrected chi connectivity index (χ2v) is 6.94. The number of fused-ring (bicyclic) bond motifs is 3. The maximum absolute atomic E-state index is 12.9. The number of anilines is 1. The molecule has 8 heteroatoms. The zero-order valence-electron chi connectivity index (χ0n) is 14.8. The molecule has 0 unspecified atom stereocenters. The average Bonchev–Trinajstić information content (AvgIpc) is 3.03. The van der Waals surface area contributed by atoms with E-state index in [0.29, 0.717) is 18.8 Å². The van der Waals surface area contributed by atoms with Crippen LogP contribution >= 0.6 is 12.2 Å². The van der Waals surface area contributed by atoms with Crippen LogP contribution < -0.4 is 10.6 Å². The minimum absolute atomic E-state index is 0.178. The minimum atomic E-state index is -0.536. The summed E-state index contributed by atoms with van der Waals surface area (Å²) in [5.74, 6) is -0.0792. The van der Waals surface area contributed by atoms with Gasteiger partial charge in [-0.25, -0.2) is 13.9 Å². The smallest absolute Gasteiger partial charge is 0.257 e. The molecular weight excluding hydrogens is 379 g/mol. The molecule has 28 heavy (non-hydrogen) atoms. The number of aromatic nitrogens is 2. The van der Waals surface area contributed by atoms with Crippen LogP contribution in [0.1, 0.15) is 23.2 Å². The molecule has 2 aromatic carbocycles. The van der Waals surface area contributed by atoms with Crippen LogP contribution in [0.25, 0.3) is 10.9 Å². The molecule has 142 valence electrons. The van der Waals surface area contributed by atoms with Gasteiger partial charge in [-0.15, -0.1) is 0 Å². The van der Waals surface area contributed by atoms with Crippen molar-refractivity contribution in [3.8, 4) is 0 Å². The Morgan fingerprint density at radius 3 is 2.75 bits per heavy atom. The van der Waals surface area contributed by atoms with Gasteiger partial charge in [0.1, 0.15) is 17.7 Å². The Morgan fingerprint density at radius 1 is 1.21 bits per heavy atom. The normalized spacial score (nSPS) is 15.3. The first-order valence-corrected chi connectivity index (χ1v) is 9.27. The van der Waals surface area contributed by atoms with Gasteiger partial charge >= 0.3 is 0 Å². The molecule has 1 atom stereocenters. The molecule has 2 N–H and O–H groups in total. The number of nitrogens with zero attached hydrogens (tertiary/aromatic N) is 2. The first-order valence-electron chi connectivity index (χ1n) is 8.86. The Hall–Kier alpha value is -3.13. The number of benzene rings is 2. The quantitative estimate of drug-likeness (QED) is 0.646. The molecule has 2 heterocycles. The Labute approximate surface area is 165 Å². The van der Waals surface area contributed by atoms with Crippen LogP contribution in [-0.2, 0) is 11.3 Å². The van der Waals surface area contributed by atoms with E-state index in [9.17, 15) is 14.0 Å². The molecule has 0 aliphatic carbocycles. The van der Waals surface area contributed by atoms with Crippen LogP contribution in [0, 0.1) is 10.6 Å². The number of carbonyl (C=O) groups is 2. The summed E-state index contributed by atoms with van der Waals surface area (Å²) in [6.07, 6.45) is 0.510. The van der Waals surface area contributed by atoms with Gasteiger partial charge in [0.25, 0.3) is 5.91 Å². The van der Waals surface area contributed by atoms with Crippen LogP contribution in [-0.4, -0.2) is 27.4 Å². The molecule has 1 aliphatic rings. The lowest BCUT2D eigenvalue weighted by molar-refractivity contribution is -0.121. The lowest BCUT2D eigenvalue weighted by Gasteiger charge is -2.09. The molecule has 1 amide bonds. The van der Waals surface area contributed by atoms with Crippen LogP contribution in [0.5, 0.6) is 0 Å². The topological polar surface area (TPSA) is 76.0 Å². The summed E-state index contributed by atoms with van der Waals surface area (Å²) in [4.78, 5) is 29.2. The molecule has 1 aliphatic heterocycles. The van der Waals surface area contributed by atoms with E-state index in [-0.39, 0.29) is 28.8 Å². The SMILES string of the molecule is O=C(CC[C@@H]1Nc2c3ccccc3nc(=S)n2C1=O)NCc1ccc(F)cc1. The molecule has 0 fully saturated rings. The summed E-state index contributed by atoms with van der Waals surface area (Å²) in [5, 5.41) is 6.78. The molecule has 3 aromatic rings. The summed E-state index contributed by atoms with van der Waals surface area (Å²) in [6, 6.07) is 12.9. The zero-order chi connectivity index (χ0) is 19.7. The van der Waals surface area contributed by atoms with E-state index in [2.05, 4.69) is 15.6 Å². The van der Waals surface area contributed by atoms with Gasteiger partial charge in [-0.2, -0.15) is 0 Å². The molecule has 0 spiro atoms. The molecule has 4 rings (SSSR count). The van der Waals surface area contributed by atoms with Crippen molar-refractivity contribution >= 4 is 40.8 Å². The average molecular weight is 396 g/mol. The zero-order valence-corrected chi connectivity index (χ0v) is 15.6. The summed E-state index contributed by atoms with van der Waals surface area (Å²) >= 11 is 5.26. The summed E-state index contributed by atoms with van der Waals surface area (Å²) < 4.78 is 14.5. The fraction of sp³-hybridized carbons (Fsp3) is 0.200. The fourth-order valence-electron chi connectivity index (χ4n) is 3.23. The number of para-hydroxylation sites is 1. The van der Waals surface area contributed by atoms with E-state index in [0.717, 1.165) is 16.5 Å². The van der Waals surface area contributed by atoms with Crippen molar-refractivity contribution in [3.63, 3.8) is 0 Å². The Kier molecular flexibility index (Phi) is 4.87. The highest BCUT2D eigenvalue weighted by Crippen LogP contribution is 2.29. The third-order valence-corrected chi connectivity index (χ3v) is 4.96. The Morgan fingerprint density at radius 2 is 1.96 bits per heavy atom. The highest BCUT2D eigenvalue weighted by atomic mass is 32.1. The highest BCUT2D eigenvalue weighted by Gasteiger charge is 2.31. The second-order valence-electron chi connectivity index (χ2n) is 6.57. The van der Waals surface area contributed by atoms with Crippen molar-refractivity contribution < 1.29 is 14.0 Å². The van der Waals surface area contributed by atoms with Crippen LogP contribution in [0.2, 0.25) is 0 Å². The number of carbonyl (C=O) groups excluding carboxylic acids is 2. The minimum Gasteiger partial charge on any atom is -0.359 e. The summed E-state index contributed by atoms with van der Waals surface area (Å²) in [6.45, 7) is 0.311. The highest BCUT2D eigenvalue weighted by molar-refractivity contribution is 7.71. The molecule has 0 saturated heterocycles. The molecule has 0 bridgehead atoms. The second kappa shape index (κ2) is 7.47. The number of halogens is 1. The van der Waals surface area contributed by atoms with Gasteiger partial charge in [-0.3, -0.25) is 9.59 Å². The van der Waals surface area contributed by atoms with Crippen molar-refractivity contribution in [2.45, 2.75) is 25.4 Å². The number of rotatable bonds is 5. The van der Waals surface area contributed by atoms with E-state index < -0.39 is 6.04 Å². The number of amides is 1. The van der Waals surface area contributed by atoms with Gasteiger partial charge in [0.15, 0.2) is 0 Å². The van der Waals surface area contributed by atoms with Crippen molar-refractivity contribution in [3.05, 3.63) is 64.7 Å². The van der Waals surface area contributed by atoms with Crippen molar-refractivity contribution in [1.29, 1.82) is 0 Å². The van der Waals surface area contributed by atoms with Gasteiger partial charge in [-0.05, 0) is 48.5 Å². The predicted octanol–water partition coefficient (Wildman–Crippen LogP) is 3.44. The van der Waals surface area contributed by atoms with E-state index in [1.165, 1.54) is 16.7 Å². The Bertz CT molecular complexity index is 1130. The monoisotopic (exact) mass is 396 g/mol. The van der Waals surface area contributed by atoms with E-state index in [1.54, 1.807) is 12.1 Å². The van der Waals surface area contributed by atoms with Gasteiger partial charge in [0.05, 0.1) is 5.52 Å². The molecule has 0 radical (unpaired) electrons. The molecule has 0 saturated carbocycles. The lowest BCUT2D eigenvalue weighted by Crippen LogP contribution is -2.29. The van der Waals surface area contributed by atoms with Gasteiger partial charge in [0.2, 0.25) is 10.7 Å². The van der Waals surface area contributed by atoms with Crippen molar-refractivity contribution in [2.75, 3.05) is 5.32 Å². The van der Waals surface area contributed by atoms with Crippen LogP contribution in [0.4, 0.5) is 10.2 Å². The van der Waals surface area contributed by atoms with Gasteiger partial charge in [0, 0.05) is 18.4 Å². The number of nitrogens with one attached hydrogen (secondary N) is 2. The maximum Gasteiger partial charge on any atom is 0.257 e. The third-order valence-electron chi connectivity index (χ3n) is 4.68. The Balaban J connectivity index is 1.40. The van der Waals surface area contributed by atoms with Crippen molar-refractivity contribution in [2.24, 2.45) is 0 Å². The van der Waals surface area contributed by atoms with Gasteiger partial charge in [-0.1, -0.05) is 24.3 Å². The standard InChI is InChI=1S/C20H17FN4O2S/c21-13-7-5-12(6-8-13)11-22-17(26)10-9-16-19(27)25-18(23-16)14-3-1-2-4-15(14)24-20(25)28/h1-8,16,23H,9-11H2,(H,22,26)/t16-/m0/s1. The van der Waals surface area contributed by atoms with Crippen molar-refractivity contribution in [1.82, 2.24) is 14.9 Å². The molecule has 1 aromatic heterocycles. The molecular formula is C20H17FN4O2S. The van der Waals surface area contributed by atoms with Crippen LogP contribution in [0.3, 0.4) is 0 Å². The van der Waals surface area contributed by atoms with E-state index >= 15 is 0 Å².